The van der Waals surface area contributed by atoms with Crippen molar-refractivity contribution >= 4 is 33.2 Å². The Labute approximate surface area is 102 Å². The van der Waals surface area contributed by atoms with Gasteiger partial charge in [-0.05, 0) is 41.4 Å². The van der Waals surface area contributed by atoms with Crippen molar-refractivity contribution in [3.8, 4) is 0 Å². The molecule has 3 nitrogen and oxygen atoms in total. The molecule has 1 aromatic rings. The van der Waals surface area contributed by atoms with Gasteiger partial charge in [-0.15, -0.1) is 11.3 Å². The van der Waals surface area contributed by atoms with E-state index < -0.39 is 0 Å². The summed E-state index contributed by atoms with van der Waals surface area (Å²) >= 11 is 4.91. The Morgan fingerprint density at radius 1 is 1.67 bits per heavy atom. The molecule has 0 radical (unpaired) electrons. The minimum Gasteiger partial charge on any atom is -0.396 e. The molecule has 1 atom stereocenters. The lowest BCUT2D eigenvalue weighted by Crippen LogP contribution is -2.34. The van der Waals surface area contributed by atoms with E-state index in [1.807, 2.05) is 19.1 Å². The molecule has 0 aromatic carbocycles. The van der Waals surface area contributed by atoms with Crippen LogP contribution in [0.4, 0.5) is 0 Å². The van der Waals surface area contributed by atoms with Crippen LogP contribution in [0.15, 0.2) is 15.9 Å². The van der Waals surface area contributed by atoms with Gasteiger partial charge in [0.1, 0.15) is 0 Å². The topological polar surface area (TPSA) is 49.3 Å². The molecular weight excluding hydrogens is 278 g/mol. The van der Waals surface area contributed by atoms with E-state index in [9.17, 15) is 4.79 Å². The average Bonchev–Trinajstić information content (AvgIpc) is 2.51. The summed E-state index contributed by atoms with van der Waals surface area (Å²) < 4.78 is 1.04. The standard InChI is InChI=1S/C10H14BrNO2S/c1-7(4-5-13)12-10(14)6-8-2-3-9(11)15-8/h2-3,7,13H,4-6H2,1H3,(H,12,14). The predicted octanol–water partition coefficient (Wildman–Crippen LogP) is 1.94. The molecule has 1 rings (SSSR count). The van der Waals surface area contributed by atoms with Crippen molar-refractivity contribution in [1.82, 2.24) is 5.32 Å². The molecule has 15 heavy (non-hydrogen) atoms. The number of thiophene rings is 1. The molecule has 84 valence electrons. The van der Waals surface area contributed by atoms with Crippen molar-refractivity contribution < 1.29 is 9.90 Å². The summed E-state index contributed by atoms with van der Waals surface area (Å²) in [6.07, 6.45) is 1.01. The van der Waals surface area contributed by atoms with E-state index in [1.165, 1.54) is 0 Å². The number of carbonyl (C=O) groups is 1. The molecule has 0 bridgehead atoms. The Morgan fingerprint density at radius 3 is 2.93 bits per heavy atom. The number of aliphatic hydroxyl groups is 1. The van der Waals surface area contributed by atoms with Gasteiger partial charge in [-0.3, -0.25) is 4.79 Å². The number of nitrogens with one attached hydrogen (secondary N) is 1. The van der Waals surface area contributed by atoms with E-state index in [0.717, 1.165) is 8.66 Å². The second kappa shape index (κ2) is 6.25. The first-order valence-corrected chi connectivity index (χ1v) is 6.37. The van der Waals surface area contributed by atoms with Crippen LogP contribution in [0.25, 0.3) is 0 Å². The van der Waals surface area contributed by atoms with Crippen molar-refractivity contribution in [3.05, 3.63) is 20.8 Å². The molecule has 0 aliphatic heterocycles. The third-order valence-corrected chi connectivity index (χ3v) is 3.56. The lowest BCUT2D eigenvalue weighted by atomic mass is 10.2. The van der Waals surface area contributed by atoms with E-state index in [0.29, 0.717) is 12.8 Å². The molecule has 1 amide bonds. The minimum atomic E-state index is 0.00491. The first-order chi connectivity index (χ1) is 7.11. The maximum atomic E-state index is 11.5. The van der Waals surface area contributed by atoms with Crippen LogP contribution in [0, 0.1) is 0 Å². The highest BCUT2D eigenvalue weighted by Gasteiger charge is 2.08. The van der Waals surface area contributed by atoms with E-state index in [4.69, 9.17) is 5.11 Å². The van der Waals surface area contributed by atoms with Gasteiger partial charge in [-0.2, -0.15) is 0 Å². The fourth-order valence-electron chi connectivity index (χ4n) is 1.20. The summed E-state index contributed by atoms with van der Waals surface area (Å²) in [4.78, 5) is 12.5. The van der Waals surface area contributed by atoms with Gasteiger partial charge in [-0.1, -0.05) is 0 Å². The normalized spacial score (nSPS) is 12.5. The number of aliphatic hydroxyl groups excluding tert-OH is 1. The molecule has 5 heteroatoms. The van der Waals surface area contributed by atoms with E-state index >= 15 is 0 Å². The Bertz CT molecular complexity index is 327. The Morgan fingerprint density at radius 2 is 2.40 bits per heavy atom. The lowest BCUT2D eigenvalue weighted by Gasteiger charge is -2.11. The number of halogens is 1. The van der Waals surface area contributed by atoms with Crippen molar-refractivity contribution in [2.45, 2.75) is 25.8 Å². The van der Waals surface area contributed by atoms with Crippen molar-refractivity contribution in [2.75, 3.05) is 6.61 Å². The van der Waals surface area contributed by atoms with Crippen LogP contribution in [-0.4, -0.2) is 23.7 Å². The first-order valence-electron chi connectivity index (χ1n) is 4.76. The zero-order chi connectivity index (χ0) is 11.3. The van der Waals surface area contributed by atoms with Gasteiger partial charge in [0.05, 0.1) is 10.2 Å². The summed E-state index contributed by atoms with van der Waals surface area (Å²) in [6, 6.07) is 3.90. The summed E-state index contributed by atoms with van der Waals surface area (Å²) in [6.45, 7) is 1.99. The number of amides is 1. The number of hydrogen-bond acceptors (Lipinski definition) is 3. The molecule has 0 aliphatic rings. The van der Waals surface area contributed by atoms with Gasteiger partial charge in [0, 0.05) is 17.5 Å². The lowest BCUT2D eigenvalue weighted by molar-refractivity contribution is -0.121. The molecule has 0 spiro atoms. The van der Waals surface area contributed by atoms with Crippen molar-refractivity contribution in [1.29, 1.82) is 0 Å². The first kappa shape index (κ1) is 12.7. The molecule has 1 unspecified atom stereocenters. The Balaban J connectivity index is 2.36. The molecule has 1 aromatic heterocycles. The zero-order valence-corrected chi connectivity index (χ0v) is 10.9. The van der Waals surface area contributed by atoms with Gasteiger partial charge in [-0.25, -0.2) is 0 Å². The van der Waals surface area contributed by atoms with Crippen LogP contribution in [0.3, 0.4) is 0 Å². The third-order valence-electron chi connectivity index (χ3n) is 1.93. The molecule has 0 fully saturated rings. The highest BCUT2D eigenvalue weighted by atomic mass is 79.9. The van der Waals surface area contributed by atoms with Gasteiger partial charge in [0.25, 0.3) is 0 Å². The highest BCUT2D eigenvalue weighted by Crippen LogP contribution is 2.22. The van der Waals surface area contributed by atoms with E-state index in [1.54, 1.807) is 11.3 Å². The summed E-state index contributed by atoms with van der Waals surface area (Å²) in [5.74, 6) is 0.00491. The quantitative estimate of drug-likeness (QED) is 0.871. The van der Waals surface area contributed by atoms with Gasteiger partial charge in [0.2, 0.25) is 5.91 Å². The SMILES string of the molecule is CC(CCO)NC(=O)Cc1ccc(Br)s1. The van der Waals surface area contributed by atoms with E-state index in [-0.39, 0.29) is 18.6 Å². The molecular formula is C10H14BrNO2S. The summed E-state index contributed by atoms with van der Waals surface area (Å²) in [5, 5.41) is 11.5. The molecule has 0 saturated carbocycles. The van der Waals surface area contributed by atoms with Gasteiger partial charge in [0.15, 0.2) is 0 Å². The zero-order valence-electron chi connectivity index (χ0n) is 8.50. The largest absolute Gasteiger partial charge is 0.396 e. The van der Waals surface area contributed by atoms with Crippen LogP contribution < -0.4 is 5.32 Å². The average molecular weight is 292 g/mol. The van der Waals surface area contributed by atoms with Crippen LogP contribution in [0.5, 0.6) is 0 Å². The fraction of sp³-hybridized carbons (Fsp3) is 0.500. The second-order valence-corrected chi connectivity index (χ2v) is 5.91. The monoisotopic (exact) mass is 291 g/mol. The number of carbonyl (C=O) groups excluding carboxylic acids is 1. The molecule has 0 aliphatic carbocycles. The maximum Gasteiger partial charge on any atom is 0.225 e. The van der Waals surface area contributed by atoms with E-state index in [2.05, 4.69) is 21.2 Å². The Hall–Kier alpha value is -0.390. The summed E-state index contributed by atoms with van der Waals surface area (Å²) in [7, 11) is 0. The molecule has 0 saturated heterocycles. The van der Waals surface area contributed by atoms with Crippen molar-refractivity contribution in [2.24, 2.45) is 0 Å². The fourth-order valence-corrected chi connectivity index (χ4v) is 2.68. The van der Waals surface area contributed by atoms with Crippen LogP contribution >= 0.6 is 27.3 Å². The van der Waals surface area contributed by atoms with Gasteiger partial charge < -0.3 is 10.4 Å². The highest BCUT2D eigenvalue weighted by molar-refractivity contribution is 9.11. The van der Waals surface area contributed by atoms with Crippen LogP contribution in [0.1, 0.15) is 18.2 Å². The van der Waals surface area contributed by atoms with Gasteiger partial charge >= 0.3 is 0 Å². The smallest absolute Gasteiger partial charge is 0.225 e. The third kappa shape index (κ3) is 4.77. The second-order valence-electron chi connectivity index (χ2n) is 3.36. The molecule has 2 N–H and O–H groups in total. The Kier molecular flexibility index (Phi) is 5.28. The molecule has 1 heterocycles. The van der Waals surface area contributed by atoms with Crippen molar-refractivity contribution in [3.63, 3.8) is 0 Å². The van der Waals surface area contributed by atoms with Crippen LogP contribution in [-0.2, 0) is 11.2 Å². The predicted molar refractivity (Wildman–Crippen MR) is 65.0 cm³/mol. The minimum absolute atomic E-state index is 0.00491. The number of rotatable bonds is 5. The van der Waals surface area contributed by atoms with Crippen LogP contribution in [0.2, 0.25) is 0 Å². The maximum absolute atomic E-state index is 11.5. The number of hydrogen-bond donors (Lipinski definition) is 2. The summed E-state index contributed by atoms with van der Waals surface area (Å²) in [5.41, 5.74) is 0.